The van der Waals surface area contributed by atoms with Crippen LogP contribution in [0.5, 0.6) is 11.5 Å². The molecule has 3 rings (SSSR count). The Balaban J connectivity index is 1.44. The molecule has 0 heterocycles. The zero-order chi connectivity index (χ0) is 25.0. The van der Waals surface area contributed by atoms with Crippen LogP contribution in [0.15, 0.2) is 72.8 Å². The van der Waals surface area contributed by atoms with Gasteiger partial charge in [-0.1, -0.05) is 18.2 Å². The molecule has 0 aliphatic carbocycles. The summed E-state index contributed by atoms with van der Waals surface area (Å²) in [6, 6.07) is 18.7. The van der Waals surface area contributed by atoms with E-state index in [-0.39, 0.29) is 6.61 Å². The third-order valence-electron chi connectivity index (χ3n) is 4.93. The quantitative estimate of drug-likeness (QED) is 0.140. The Labute approximate surface area is 204 Å². The Bertz CT molecular complexity index is 1160. The zero-order valence-electron chi connectivity index (χ0n) is 19.4. The van der Waals surface area contributed by atoms with Crippen molar-refractivity contribution < 1.29 is 28.5 Å². The summed E-state index contributed by atoms with van der Waals surface area (Å²) in [6.45, 7) is 1.11. The minimum Gasteiger partial charge on any atom is -0.491 e. The maximum Gasteiger partial charge on any atom is 0.343 e. The largest absolute Gasteiger partial charge is 0.491 e. The number of rotatable bonds is 11. The molecule has 0 aliphatic heterocycles. The summed E-state index contributed by atoms with van der Waals surface area (Å²) in [5, 5.41) is 0. The number of carbonyl (C=O) groups excluding carboxylic acids is 2. The van der Waals surface area contributed by atoms with Gasteiger partial charge in [0.25, 0.3) is 0 Å². The topological polar surface area (TPSA) is 123 Å². The number of ether oxygens (including phenoxy) is 4. The third-order valence-corrected chi connectivity index (χ3v) is 4.93. The Kier molecular flexibility index (Phi) is 9.27. The van der Waals surface area contributed by atoms with E-state index in [0.717, 1.165) is 11.1 Å². The molecule has 0 saturated heterocycles. The lowest BCUT2D eigenvalue weighted by molar-refractivity contribution is -0.137. The van der Waals surface area contributed by atoms with Crippen molar-refractivity contribution in [1.82, 2.24) is 0 Å². The SMILES string of the molecule is COCCOc1ccc(C(=O)Oc2ccc(C=CC(=O)OCCc3ccc(N)cc3N)cc2)cc1. The molecule has 3 aromatic carbocycles. The van der Waals surface area contributed by atoms with Crippen molar-refractivity contribution in [3.63, 3.8) is 0 Å². The Hall–Kier alpha value is -4.30. The van der Waals surface area contributed by atoms with E-state index in [1.165, 1.54) is 6.08 Å². The lowest BCUT2D eigenvalue weighted by Gasteiger charge is -2.07. The molecule has 0 aromatic heterocycles. The van der Waals surface area contributed by atoms with Gasteiger partial charge in [-0.15, -0.1) is 0 Å². The molecule has 0 radical (unpaired) electrons. The van der Waals surface area contributed by atoms with E-state index >= 15 is 0 Å². The molecule has 0 aliphatic rings. The van der Waals surface area contributed by atoms with Gasteiger partial charge >= 0.3 is 11.9 Å². The molecule has 182 valence electrons. The van der Waals surface area contributed by atoms with Gasteiger partial charge in [0.2, 0.25) is 0 Å². The Morgan fingerprint density at radius 2 is 1.57 bits per heavy atom. The fourth-order valence-electron chi connectivity index (χ4n) is 3.06. The molecule has 0 fully saturated rings. The maximum atomic E-state index is 12.4. The van der Waals surface area contributed by atoms with Crippen LogP contribution in [0.25, 0.3) is 6.08 Å². The van der Waals surface area contributed by atoms with E-state index in [0.29, 0.717) is 48.1 Å². The van der Waals surface area contributed by atoms with Gasteiger partial charge in [0.05, 0.1) is 18.8 Å². The fourth-order valence-corrected chi connectivity index (χ4v) is 3.06. The highest BCUT2D eigenvalue weighted by Crippen LogP contribution is 2.18. The second kappa shape index (κ2) is 12.8. The van der Waals surface area contributed by atoms with Crippen molar-refractivity contribution in [3.8, 4) is 11.5 Å². The molecule has 8 nitrogen and oxygen atoms in total. The maximum absolute atomic E-state index is 12.4. The molecule has 0 atom stereocenters. The van der Waals surface area contributed by atoms with Crippen LogP contribution in [0.2, 0.25) is 0 Å². The number of carbonyl (C=O) groups is 2. The number of hydrogen-bond donors (Lipinski definition) is 2. The van der Waals surface area contributed by atoms with Gasteiger partial charge in [0, 0.05) is 31.0 Å². The molecule has 0 spiro atoms. The Morgan fingerprint density at radius 1 is 0.857 bits per heavy atom. The number of methoxy groups -OCH3 is 1. The van der Waals surface area contributed by atoms with E-state index in [2.05, 4.69) is 0 Å². The second-order valence-corrected chi connectivity index (χ2v) is 7.53. The molecular formula is C27H28N2O6. The first-order valence-electron chi connectivity index (χ1n) is 11.0. The van der Waals surface area contributed by atoms with Crippen molar-refractivity contribution in [1.29, 1.82) is 0 Å². The minimum atomic E-state index is -0.484. The third kappa shape index (κ3) is 8.21. The van der Waals surface area contributed by atoms with Gasteiger partial charge in [0.15, 0.2) is 0 Å². The van der Waals surface area contributed by atoms with Crippen molar-refractivity contribution in [3.05, 3.63) is 89.5 Å². The average Bonchev–Trinajstić information content (AvgIpc) is 2.85. The first-order chi connectivity index (χ1) is 16.9. The van der Waals surface area contributed by atoms with Gasteiger partial charge in [-0.2, -0.15) is 0 Å². The summed E-state index contributed by atoms with van der Waals surface area (Å²) in [7, 11) is 1.60. The Morgan fingerprint density at radius 3 is 2.26 bits per heavy atom. The predicted molar refractivity (Wildman–Crippen MR) is 134 cm³/mol. The highest BCUT2D eigenvalue weighted by molar-refractivity contribution is 5.91. The predicted octanol–water partition coefficient (Wildman–Crippen LogP) is 3.89. The van der Waals surface area contributed by atoms with Crippen molar-refractivity contribution >= 4 is 29.4 Å². The number of nitrogen functional groups attached to an aromatic ring is 2. The van der Waals surface area contributed by atoms with E-state index in [1.54, 1.807) is 73.8 Å². The monoisotopic (exact) mass is 476 g/mol. The minimum absolute atomic E-state index is 0.201. The fraction of sp³-hybridized carbons (Fsp3) is 0.185. The summed E-state index contributed by atoms with van der Waals surface area (Å²) < 4.78 is 21.0. The van der Waals surface area contributed by atoms with Gasteiger partial charge in [-0.3, -0.25) is 0 Å². The standard InChI is InChI=1S/C27H28N2O6/c1-32-16-17-33-23-11-6-21(7-12-23)27(31)35-24-9-2-19(3-10-24)4-13-26(30)34-15-14-20-5-8-22(28)18-25(20)29/h2-13,18H,14-17,28-29H2,1H3. The molecule has 0 saturated carbocycles. The number of nitrogens with two attached hydrogens (primary N) is 2. The van der Waals surface area contributed by atoms with Crippen LogP contribution < -0.4 is 20.9 Å². The summed E-state index contributed by atoms with van der Waals surface area (Å²) in [6.07, 6.45) is 3.45. The smallest absolute Gasteiger partial charge is 0.343 e. The van der Waals surface area contributed by atoms with Crippen LogP contribution in [0, 0.1) is 0 Å². The molecule has 4 N–H and O–H groups in total. The van der Waals surface area contributed by atoms with E-state index in [4.69, 9.17) is 30.4 Å². The normalized spacial score (nSPS) is 10.8. The molecule has 0 unspecified atom stereocenters. The second-order valence-electron chi connectivity index (χ2n) is 7.53. The van der Waals surface area contributed by atoms with Crippen LogP contribution in [-0.4, -0.2) is 38.9 Å². The number of hydrogen-bond acceptors (Lipinski definition) is 8. The van der Waals surface area contributed by atoms with E-state index in [1.807, 2.05) is 6.07 Å². The van der Waals surface area contributed by atoms with Crippen LogP contribution in [0.4, 0.5) is 11.4 Å². The highest BCUT2D eigenvalue weighted by atomic mass is 16.5. The van der Waals surface area contributed by atoms with Gasteiger partial charge in [0.1, 0.15) is 18.1 Å². The van der Waals surface area contributed by atoms with Crippen LogP contribution in [0.3, 0.4) is 0 Å². The van der Waals surface area contributed by atoms with Gasteiger partial charge < -0.3 is 30.4 Å². The average molecular weight is 477 g/mol. The first-order valence-corrected chi connectivity index (χ1v) is 11.0. The molecule has 3 aromatic rings. The van der Waals surface area contributed by atoms with Gasteiger partial charge in [-0.25, -0.2) is 9.59 Å². The van der Waals surface area contributed by atoms with Crippen LogP contribution >= 0.6 is 0 Å². The van der Waals surface area contributed by atoms with Crippen molar-refractivity contribution in [2.24, 2.45) is 0 Å². The van der Waals surface area contributed by atoms with Crippen molar-refractivity contribution in [2.45, 2.75) is 6.42 Å². The van der Waals surface area contributed by atoms with Gasteiger partial charge in [-0.05, 0) is 65.7 Å². The summed E-state index contributed by atoms with van der Waals surface area (Å²) in [4.78, 5) is 24.3. The first kappa shape index (κ1) is 25.3. The van der Waals surface area contributed by atoms with Crippen LogP contribution in [-0.2, 0) is 20.7 Å². The van der Waals surface area contributed by atoms with Crippen LogP contribution in [0.1, 0.15) is 21.5 Å². The summed E-state index contributed by atoms with van der Waals surface area (Å²) >= 11 is 0. The molecule has 8 heteroatoms. The lowest BCUT2D eigenvalue weighted by atomic mass is 10.1. The number of esters is 2. The molecule has 0 amide bonds. The highest BCUT2D eigenvalue weighted by Gasteiger charge is 2.09. The lowest BCUT2D eigenvalue weighted by Crippen LogP contribution is -2.09. The zero-order valence-corrected chi connectivity index (χ0v) is 19.4. The van der Waals surface area contributed by atoms with Crippen molar-refractivity contribution in [2.75, 3.05) is 38.4 Å². The number of anilines is 2. The van der Waals surface area contributed by atoms with E-state index < -0.39 is 11.9 Å². The molecule has 35 heavy (non-hydrogen) atoms. The molecular weight excluding hydrogens is 448 g/mol. The summed E-state index contributed by atoms with van der Waals surface area (Å²) in [5.41, 5.74) is 14.8. The summed E-state index contributed by atoms with van der Waals surface area (Å²) in [5.74, 6) is 0.0742. The van der Waals surface area contributed by atoms with E-state index in [9.17, 15) is 9.59 Å². The number of benzene rings is 3. The molecule has 0 bridgehead atoms.